The number of rotatable bonds is 6. The van der Waals surface area contributed by atoms with Crippen molar-refractivity contribution in [3.05, 3.63) is 65.7 Å². The van der Waals surface area contributed by atoms with Crippen LogP contribution >= 0.6 is 0 Å². The van der Waals surface area contributed by atoms with Gasteiger partial charge in [0.2, 0.25) is 5.91 Å². The van der Waals surface area contributed by atoms with E-state index in [1.54, 1.807) is 7.11 Å². The fourth-order valence-corrected chi connectivity index (χ4v) is 3.38. The Labute approximate surface area is 149 Å². The molecule has 0 unspecified atom stereocenters. The van der Waals surface area contributed by atoms with Gasteiger partial charge in [0.15, 0.2) is 0 Å². The first-order valence-corrected chi connectivity index (χ1v) is 8.87. The summed E-state index contributed by atoms with van der Waals surface area (Å²) in [6.45, 7) is 4.46. The standard InChI is InChI=1S/C21H26N2O2/c1-16(21(24)22-14-17-8-10-20(25-2)11-9-17)23-13-12-19(15-23)18-6-4-3-5-7-18/h3-11,16,19H,12-15H2,1-2H3,(H,22,24)/t16-,19-/m0/s1. The van der Waals surface area contributed by atoms with Crippen molar-refractivity contribution < 1.29 is 9.53 Å². The molecule has 1 aliphatic heterocycles. The van der Waals surface area contributed by atoms with Crippen LogP contribution in [0.4, 0.5) is 0 Å². The van der Waals surface area contributed by atoms with Gasteiger partial charge in [-0.05, 0) is 49.1 Å². The Morgan fingerprint density at radius 1 is 1.20 bits per heavy atom. The van der Waals surface area contributed by atoms with Crippen LogP contribution < -0.4 is 10.1 Å². The zero-order valence-corrected chi connectivity index (χ0v) is 14.9. The Bertz CT molecular complexity index is 685. The van der Waals surface area contributed by atoms with Crippen molar-refractivity contribution in [3.8, 4) is 5.75 Å². The molecule has 1 amide bonds. The van der Waals surface area contributed by atoms with Gasteiger partial charge in [-0.3, -0.25) is 9.69 Å². The average Bonchev–Trinajstić information content (AvgIpc) is 3.16. The highest BCUT2D eigenvalue weighted by molar-refractivity contribution is 5.81. The molecule has 1 aliphatic rings. The number of nitrogens with zero attached hydrogens (tertiary/aromatic N) is 1. The third-order valence-electron chi connectivity index (χ3n) is 5.04. The molecule has 2 aromatic carbocycles. The Morgan fingerprint density at radius 2 is 1.92 bits per heavy atom. The van der Waals surface area contributed by atoms with Crippen molar-refractivity contribution in [2.45, 2.75) is 31.8 Å². The maximum Gasteiger partial charge on any atom is 0.237 e. The van der Waals surface area contributed by atoms with E-state index in [4.69, 9.17) is 4.74 Å². The second-order valence-corrected chi connectivity index (χ2v) is 6.63. The van der Waals surface area contributed by atoms with Gasteiger partial charge in [0.05, 0.1) is 13.2 Å². The first kappa shape index (κ1) is 17.5. The number of methoxy groups -OCH3 is 1. The van der Waals surface area contributed by atoms with Crippen LogP contribution in [0, 0.1) is 0 Å². The van der Waals surface area contributed by atoms with Crippen molar-refractivity contribution in [1.29, 1.82) is 0 Å². The summed E-state index contributed by atoms with van der Waals surface area (Å²) in [7, 11) is 1.65. The Morgan fingerprint density at radius 3 is 2.60 bits per heavy atom. The minimum absolute atomic E-state index is 0.0875. The van der Waals surface area contributed by atoms with E-state index >= 15 is 0 Å². The highest BCUT2D eigenvalue weighted by Crippen LogP contribution is 2.28. The van der Waals surface area contributed by atoms with E-state index in [-0.39, 0.29) is 11.9 Å². The van der Waals surface area contributed by atoms with Gasteiger partial charge in [-0.15, -0.1) is 0 Å². The first-order chi connectivity index (χ1) is 12.2. The van der Waals surface area contributed by atoms with Gasteiger partial charge in [-0.25, -0.2) is 0 Å². The number of nitrogens with one attached hydrogen (secondary N) is 1. The summed E-state index contributed by atoms with van der Waals surface area (Å²) in [5.41, 5.74) is 2.45. The minimum atomic E-state index is -0.105. The lowest BCUT2D eigenvalue weighted by atomic mass is 9.99. The van der Waals surface area contributed by atoms with E-state index in [2.05, 4.69) is 34.5 Å². The summed E-state index contributed by atoms with van der Waals surface area (Å²) < 4.78 is 5.15. The van der Waals surface area contributed by atoms with Crippen LogP contribution in [0.5, 0.6) is 5.75 Å². The number of hydrogen-bond acceptors (Lipinski definition) is 3. The molecule has 1 N–H and O–H groups in total. The summed E-state index contributed by atoms with van der Waals surface area (Å²) in [4.78, 5) is 14.8. The van der Waals surface area contributed by atoms with E-state index in [0.717, 1.165) is 30.8 Å². The first-order valence-electron chi connectivity index (χ1n) is 8.87. The molecular weight excluding hydrogens is 312 g/mol. The summed E-state index contributed by atoms with van der Waals surface area (Å²) in [5.74, 6) is 1.44. The summed E-state index contributed by atoms with van der Waals surface area (Å²) in [6.07, 6.45) is 1.11. The lowest BCUT2D eigenvalue weighted by Crippen LogP contribution is -2.43. The van der Waals surface area contributed by atoms with E-state index in [0.29, 0.717) is 12.5 Å². The van der Waals surface area contributed by atoms with Gasteiger partial charge in [0, 0.05) is 13.1 Å². The van der Waals surface area contributed by atoms with Crippen molar-refractivity contribution >= 4 is 5.91 Å². The number of hydrogen-bond donors (Lipinski definition) is 1. The zero-order chi connectivity index (χ0) is 17.6. The second-order valence-electron chi connectivity index (χ2n) is 6.63. The van der Waals surface area contributed by atoms with Gasteiger partial charge in [0.1, 0.15) is 5.75 Å². The molecule has 1 heterocycles. The zero-order valence-electron chi connectivity index (χ0n) is 14.9. The maximum atomic E-state index is 12.5. The lowest BCUT2D eigenvalue weighted by molar-refractivity contribution is -0.125. The molecule has 132 valence electrons. The van der Waals surface area contributed by atoms with Crippen LogP contribution in [-0.2, 0) is 11.3 Å². The molecule has 1 fully saturated rings. The SMILES string of the molecule is COc1ccc(CNC(=O)[C@H](C)N2CC[C@H](c3ccccc3)C2)cc1. The van der Waals surface area contributed by atoms with Crippen LogP contribution in [0.15, 0.2) is 54.6 Å². The van der Waals surface area contributed by atoms with Crippen molar-refractivity contribution in [3.63, 3.8) is 0 Å². The van der Waals surface area contributed by atoms with Gasteiger partial charge >= 0.3 is 0 Å². The molecule has 2 aromatic rings. The Balaban J connectivity index is 1.50. The molecule has 4 heteroatoms. The van der Waals surface area contributed by atoms with Crippen LogP contribution in [0.2, 0.25) is 0 Å². The average molecular weight is 338 g/mol. The van der Waals surface area contributed by atoms with Gasteiger partial charge in [-0.1, -0.05) is 42.5 Å². The molecule has 3 rings (SSSR count). The molecule has 0 aliphatic carbocycles. The predicted octanol–water partition coefficient (Wildman–Crippen LogP) is 3.19. The molecule has 0 radical (unpaired) electrons. The lowest BCUT2D eigenvalue weighted by Gasteiger charge is -2.23. The number of amides is 1. The third-order valence-corrected chi connectivity index (χ3v) is 5.04. The van der Waals surface area contributed by atoms with E-state index < -0.39 is 0 Å². The molecule has 0 spiro atoms. The third kappa shape index (κ3) is 4.40. The van der Waals surface area contributed by atoms with Crippen LogP contribution in [0.25, 0.3) is 0 Å². The van der Waals surface area contributed by atoms with Crippen LogP contribution in [0.1, 0.15) is 30.4 Å². The number of benzene rings is 2. The summed E-state index contributed by atoms with van der Waals surface area (Å²) >= 11 is 0. The van der Waals surface area contributed by atoms with Crippen LogP contribution in [-0.4, -0.2) is 37.0 Å². The highest BCUT2D eigenvalue weighted by atomic mass is 16.5. The number of carbonyl (C=O) groups is 1. The normalized spacial score (nSPS) is 18.7. The number of likely N-dealkylation sites (tertiary alicyclic amines) is 1. The smallest absolute Gasteiger partial charge is 0.237 e. The highest BCUT2D eigenvalue weighted by Gasteiger charge is 2.30. The molecule has 0 saturated carbocycles. The maximum absolute atomic E-state index is 12.5. The molecule has 4 nitrogen and oxygen atoms in total. The Hall–Kier alpha value is -2.33. The second kappa shape index (κ2) is 8.17. The molecule has 2 atom stereocenters. The molecule has 1 saturated heterocycles. The van der Waals surface area contributed by atoms with Crippen molar-refractivity contribution in [2.75, 3.05) is 20.2 Å². The summed E-state index contributed by atoms with van der Waals surface area (Å²) in [6, 6.07) is 18.3. The minimum Gasteiger partial charge on any atom is -0.497 e. The topological polar surface area (TPSA) is 41.6 Å². The van der Waals surface area contributed by atoms with Gasteiger partial charge < -0.3 is 10.1 Å². The van der Waals surface area contributed by atoms with Gasteiger partial charge in [-0.2, -0.15) is 0 Å². The molecule has 0 aromatic heterocycles. The van der Waals surface area contributed by atoms with E-state index in [1.165, 1.54) is 5.56 Å². The van der Waals surface area contributed by atoms with E-state index in [1.807, 2.05) is 37.3 Å². The largest absolute Gasteiger partial charge is 0.497 e. The molecule has 25 heavy (non-hydrogen) atoms. The fraction of sp³-hybridized carbons (Fsp3) is 0.381. The number of ether oxygens (including phenoxy) is 1. The molecular formula is C21H26N2O2. The summed E-state index contributed by atoms with van der Waals surface area (Å²) in [5, 5.41) is 3.05. The fourth-order valence-electron chi connectivity index (χ4n) is 3.38. The van der Waals surface area contributed by atoms with Crippen molar-refractivity contribution in [2.24, 2.45) is 0 Å². The van der Waals surface area contributed by atoms with Crippen molar-refractivity contribution in [1.82, 2.24) is 10.2 Å². The Kier molecular flexibility index (Phi) is 5.71. The van der Waals surface area contributed by atoms with Crippen LogP contribution in [0.3, 0.4) is 0 Å². The monoisotopic (exact) mass is 338 g/mol. The van der Waals surface area contributed by atoms with Gasteiger partial charge in [0.25, 0.3) is 0 Å². The van der Waals surface area contributed by atoms with E-state index in [9.17, 15) is 4.79 Å². The number of carbonyl (C=O) groups excluding carboxylic acids is 1. The quantitative estimate of drug-likeness (QED) is 0.879. The predicted molar refractivity (Wildman–Crippen MR) is 99.7 cm³/mol. The molecule has 0 bridgehead atoms.